The summed E-state index contributed by atoms with van der Waals surface area (Å²) in [5.41, 5.74) is 0. The van der Waals surface area contributed by atoms with Crippen LogP contribution in [-0.2, 0) is 6.42 Å². The maximum absolute atomic E-state index is 10.2. The lowest BCUT2D eigenvalue weighted by Crippen LogP contribution is -2.28. The molecule has 2 rings (SSSR count). The smallest absolute Gasteiger partial charge is 0.106 e. The van der Waals surface area contributed by atoms with Crippen molar-refractivity contribution >= 4 is 0 Å². The van der Waals surface area contributed by atoms with Gasteiger partial charge in [0, 0.05) is 6.42 Å². The first-order valence-corrected chi connectivity index (χ1v) is 6.87. The van der Waals surface area contributed by atoms with Crippen LogP contribution in [0.1, 0.15) is 45.3 Å². The first kappa shape index (κ1) is 12.7. The van der Waals surface area contributed by atoms with Gasteiger partial charge >= 0.3 is 0 Å². The molecule has 96 valence electrons. The van der Waals surface area contributed by atoms with E-state index in [4.69, 9.17) is 4.42 Å². The predicted molar refractivity (Wildman–Crippen MR) is 68.7 cm³/mol. The lowest BCUT2D eigenvalue weighted by molar-refractivity contribution is 0.0637. The number of rotatable bonds is 4. The summed E-state index contributed by atoms with van der Waals surface area (Å²) in [5, 5.41) is 10.2. The van der Waals surface area contributed by atoms with Crippen molar-refractivity contribution in [2.75, 3.05) is 0 Å². The van der Waals surface area contributed by atoms with Crippen molar-refractivity contribution < 1.29 is 9.52 Å². The van der Waals surface area contributed by atoms with Crippen LogP contribution in [0.4, 0.5) is 0 Å². The van der Waals surface area contributed by atoms with E-state index >= 15 is 0 Å². The van der Waals surface area contributed by atoms with E-state index in [-0.39, 0.29) is 6.10 Å². The van der Waals surface area contributed by atoms with Crippen LogP contribution >= 0.6 is 0 Å². The standard InChI is InChI=1S/C15H24O2/c1-11(2)12-5-7-13(8-6-12)15(16)10-14-4-3-9-17-14/h3-4,9,11-13,15-16H,5-8,10H2,1-2H3. The van der Waals surface area contributed by atoms with Crippen LogP contribution in [0, 0.1) is 17.8 Å². The maximum Gasteiger partial charge on any atom is 0.106 e. The number of aliphatic hydroxyl groups is 1. The van der Waals surface area contributed by atoms with E-state index in [1.807, 2.05) is 12.1 Å². The topological polar surface area (TPSA) is 33.4 Å². The zero-order chi connectivity index (χ0) is 12.3. The molecule has 1 heterocycles. The molecule has 1 aromatic rings. The molecular formula is C15H24O2. The van der Waals surface area contributed by atoms with Gasteiger partial charge in [-0.1, -0.05) is 13.8 Å². The van der Waals surface area contributed by atoms with Gasteiger partial charge in [0.2, 0.25) is 0 Å². The highest BCUT2D eigenvalue weighted by atomic mass is 16.3. The number of furan rings is 1. The summed E-state index contributed by atoms with van der Waals surface area (Å²) in [6.07, 6.45) is 7.01. The van der Waals surface area contributed by atoms with Crippen molar-refractivity contribution in [2.45, 2.75) is 52.1 Å². The highest BCUT2D eigenvalue weighted by Crippen LogP contribution is 2.35. The molecule has 1 aliphatic carbocycles. The fraction of sp³-hybridized carbons (Fsp3) is 0.733. The zero-order valence-corrected chi connectivity index (χ0v) is 10.9. The van der Waals surface area contributed by atoms with Gasteiger partial charge in [-0.15, -0.1) is 0 Å². The zero-order valence-electron chi connectivity index (χ0n) is 10.9. The van der Waals surface area contributed by atoms with E-state index in [1.54, 1.807) is 6.26 Å². The molecule has 1 aromatic heterocycles. The number of aliphatic hydroxyl groups excluding tert-OH is 1. The minimum Gasteiger partial charge on any atom is -0.469 e. The average Bonchev–Trinajstić information content (AvgIpc) is 2.82. The normalized spacial score (nSPS) is 27.3. The summed E-state index contributed by atoms with van der Waals surface area (Å²) >= 11 is 0. The molecule has 0 aliphatic heterocycles. The largest absolute Gasteiger partial charge is 0.469 e. The second kappa shape index (κ2) is 5.72. The molecule has 1 atom stereocenters. The van der Waals surface area contributed by atoms with Crippen LogP contribution in [-0.4, -0.2) is 11.2 Å². The number of hydrogen-bond acceptors (Lipinski definition) is 2. The molecule has 0 saturated heterocycles. The molecule has 0 amide bonds. The van der Waals surface area contributed by atoms with Gasteiger partial charge in [0.15, 0.2) is 0 Å². The van der Waals surface area contributed by atoms with Crippen molar-refractivity contribution in [3.8, 4) is 0 Å². The van der Waals surface area contributed by atoms with Crippen molar-refractivity contribution in [3.63, 3.8) is 0 Å². The van der Waals surface area contributed by atoms with Crippen LogP contribution in [0.3, 0.4) is 0 Å². The summed E-state index contributed by atoms with van der Waals surface area (Å²) in [4.78, 5) is 0. The fourth-order valence-corrected chi connectivity index (χ4v) is 3.00. The molecule has 1 saturated carbocycles. The molecule has 2 heteroatoms. The van der Waals surface area contributed by atoms with Gasteiger partial charge in [-0.25, -0.2) is 0 Å². The molecule has 17 heavy (non-hydrogen) atoms. The fourth-order valence-electron chi connectivity index (χ4n) is 3.00. The monoisotopic (exact) mass is 236 g/mol. The third kappa shape index (κ3) is 3.35. The molecule has 1 aliphatic rings. The van der Waals surface area contributed by atoms with Gasteiger partial charge in [-0.05, 0) is 55.6 Å². The Morgan fingerprint density at radius 1 is 1.24 bits per heavy atom. The SMILES string of the molecule is CC(C)C1CCC(C(O)Cc2ccco2)CC1. The van der Waals surface area contributed by atoms with Gasteiger partial charge < -0.3 is 9.52 Å². The third-order valence-corrected chi connectivity index (χ3v) is 4.29. The van der Waals surface area contributed by atoms with Crippen molar-refractivity contribution in [1.29, 1.82) is 0 Å². The Bertz CT molecular complexity index is 308. The molecular weight excluding hydrogens is 212 g/mol. The Morgan fingerprint density at radius 3 is 2.41 bits per heavy atom. The molecule has 1 unspecified atom stereocenters. The van der Waals surface area contributed by atoms with Crippen LogP contribution in [0.2, 0.25) is 0 Å². The lowest BCUT2D eigenvalue weighted by Gasteiger charge is -2.33. The molecule has 0 spiro atoms. The second-order valence-corrected chi connectivity index (χ2v) is 5.77. The van der Waals surface area contributed by atoms with Crippen molar-refractivity contribution in [1.82, 2.24) is 0 Å². The van der Waals surface area contributed by atoms with Crippen LogP contribution in [0.25, 0.3) is 0 Å². The van der Waals surface area contributed by atoms with E-state index in [0.29, 0.717) is 12.3 Å². The summed E-state index contributed by atoms with van der Waals surface area (Å²) in [6, 6.07) is 3.83. The van der Waals surface area contributed by atoms with Crippen molar-refractivity contribution in [2.24, 2.45) is 17.8 Å². The molecule has 1 N–H and O–H groups in total. The minimum atomic E-state index is -0.228. The second-order valence-electron chi connectivity index (χ2n) is 5.77. The maximum atomic E-state index is 10.2. The third-order valence-electron chi connectivity index (χ3n) is 4.29. The summed E-state index contributed by atoms with van der Waals surface area (Å²) in [6.45, 7) is 4.62. The lowest BCUT2D eigenvalue weighted by atomic mass is 9.74. The van der Waals surface area contributed by atoms with Gasteiger partial charge in [0.1, 0.15) is 5.76 Å². The summed E-state index contributed by atoms with van der Waals surface area (Å²) in [5.74, 6) is 3.03. The molecule has 2 nitrogen and oxygen atoms in total. The first-order valence-electron chi connectivity index (χ1n) is 6.87. The molecule has 0 aromatic carbocycles. The Labute approximate surface area is 104 Å². The molecule has 0 radical (unpaired) electrons. The highest BCUT2D eigenvalue weighted by molar-refractivity contribution is 5.00. The predicted octanol–water partition coefficient (Wildman–Crippen LogP) is 3.65. The summed E-state index contributed by atoms with van der Waals surface area (Å²) in [7, 11) is 0. The Kier molecular flexibility index (Phi) is 4.27. The molecule has 0 bridgehead atoms. The summed E-state index contributed by atoms with van der Waals surface area (Å²) < 4.78 is 5.29. The van der Waals surface area contributed by atoms with E-state index in [0.717, 1.165) is 17.6 Å². The molecule has 1 fully saturated rings. The van der Waals surface area contributed by atoms with E-state index < -0.39 is 0 Å². The first-order chi connectivity index (χ1) is 8.16. The average molecular weight is 236 g/mol. The highest BCUT2D eigenvalue weighted by Gasteiger charge is 2.28. The van der Waals surface area contributed by atoms with E-state index in [1.165, 1.54) is 25.7 Å². The van der Waals surface area contributed by atoms with E-state index in [9.17, 15) is 5.11 Å². The van der Waals surface area contributed by atoms with Gasteiger partial charge in [0.05, 0.1) is 12.4 Å². The van der Waals surface area contributed by atoms with Crippen LogP contribution in [0.5, 0.6) is 0 Å². The van der Waals surface area contributed by atoms with Gasteiger partial charge in [-0.2, -0.15) is 0 Å². The minimum absolute atomic E-state index is 0.228. The van der Waals surface area contributed by atoms with Crippen LogP contribution in [0.15, 0.2) is 22.8 Å². The Morgan fingerprint density at radius 2 is 1.88 bits per heavy atom. The van der Waals surface area contributed by atoms with Crippen molar-refractivity contribution in [3.05, 3.63) is 24.2 Å². The van der Waals surface area contributed by atoms with Crippen LogP contribution < -0.4 is 0 Å². The van der Waals surface area contributed by atoms with Gasteiger partial charge in [0.25, 0.3) is 0 Å². The Balaban J connectivity index is 1.80. The Hall–Kier alpha value is -0.760. The van der Waals surface area contributed by atoms with E-state index in [2.05, 4.69) is 13.8 Å². The van der Waals surface area contributed by atoms with Gasteiger partial charge in [-0.3, -0.25) is 0 Å². The number of hydrogen-bond donors (Lipinski definition) is 1. The quantitative estimate of drug-likeness (QED) is 0.865.